The van der Waals surface area contributed by atoms with Crippen molar-refractivity contribution in [3.05, 3.63) is 34.9 Å². The summed E-state index contributed by atoms with van der Waals surface area (Å²) in [6.07, 6.45) is -5.03. The van der Waals surface area contributed by atoms with E-state index in [4.69, 9.17) is 0 Å². The Labute approximate surface area is 117 Å². The predicted molar refractivity (Wildman–Crippen MR) is 74.8 cm³/mol. The van der Waals surface area contributed by atoms with E-state index in [-0.39, 0.29) is 6.54 Å². The molecule has 0 unspecified atom stereocenters. The van der Waals surface area contributed by atoms with Gasteiger partial charge in [-0.3, -0.25) is 4.99 Å². The highest BCUT2D eigenvalue weighted by Crippen LogP contribution is 2.18. The van der Waals surface area contributed by atoms with Crippen molar-refractivity contribution >= 4 is 5.96 Å². The summed E-state index contributed by atoms with van der Waals surface area (Å²) in [5, 5.41) is 5.65. The maximum absolute atomic E-state index is 12.1. The summed E-state index contributed by atoms with van der Waals surface area (Å²) < 4.78 is 36.2. The Hall–Kier alpha value is -1.72. The van der Waals surface area contributed by atoms with Gasteiger partial charge in [0, 0.05) is 20.1 Å². The molecule has 0 saturated heterocycles. The van der Waals surface area contributed by atoms with Crippen LogP contribution in [0.25, 0.3) is 0 Å². The van der Waals surface area contributed by atoms with Crippen LogP contribution in [0.2, 0.25) is 0 Å². The van der Waals surface area contributed by atoms with Gasteiger partial charge < -0.3 is 10.6 Å². The van der Waals surface area contributed by atoms with Crippen molar-refractivity contribution in [1.29, 1.82) is 0 Å². The summed E-state index contributed by atoms with van der Waals surface area (Å²) in [5.74, 6) is 0.370. The number of guanidine groups is 1. The molecule has 0 heterocycles. The van der Waals surface area contributed by atoms with Crippen molar-refractivity contribution < 1.29 is 13.2 Å². The minimum absolute atomic E-state index is 0.184. The quantitative estimate of drug-likeness (QED) is 0.660. The Kier molecular flexibility index (Phi) is 5.85. The van der Waals surface area contributed by atoms with Gasteiger partial charge in [-0.05, 0) is 25.0 Å². The molecule has 0 atom stereocenters. The fourth-order valence-electron chi connectivity index (χ4n) is 1.77. The Balaban J connectivity index is 2.46. The van der Waals surface area contributed by atoms with Gasteiger partial charge in [-0.25, -0.2) is 0 Å². The van der Waals surface area contributed by atoms with Crippen molar-refractivity contribution in [2.45, 2.75) is 33.0 Å². The van der Waals surface area contributed by atoms with Crippen LogP contribution in [-0.4, -0.2) is 25.7 Å². The first kappa shape index (κ1) is 16.3. The molecule has 1 rings (SSSR count). The van der Waals surface area contributed by atoms with E-state index in [0.29, 0.717) is 12.5 Å². The number of halogens is 3. The fourth-order valence-corrected chi connectivity index (χ4v) is 1.77. The monoisotopic (exact) mass is 287 g/mol. The predicted octanol–water partition coefficient (Wildman–Crippen LogP) is 2.92. The van der Waals surface area contributed by atoms with E-state index in [9.17, 15) is 13.2 Å². The molecule has 0 saturated carbocycles. The second-order valence-electron chi connectivity index (χ2n) is 4.65. The number of hydrogen-bond acceptors (Lipinski definition) is 1. The van der Waals surface area contributed by atoms with Crippen LogP contribution in [0.3, 0.4) is 0 Å². The zero-order valence-electron chi connectivity index (χ0n) is 11.9. The molecule has 0 radical (unpaired) electrons. The molecule has 20 heavy (non-hydrogen) atoms. The number of nitrogens with one attached hydrogen (secondary N) is 2. The average Bonchev–Trinajstić information content (AvgIpc) is 2.34. The summed E-state index contributed by atoms with van der Waals surface area (Å²) in [5.41, 5.74) is 3.41. The Morgan fingerprint density at radius 1 is 1.20 bits per heavy atom. The molecule has 0 aromatic heterocycles. The number of rotatable bonds is 4. The van der Waals surface area contributed by atoms with E-state index in [1.54, 1.807) is 0 Å². The van der Waals surface area contributed by atoms with Crippen LogP contribution in [0, 0.1) is 13.8 Å². The van der Waals surface area contributed by atoms with Gasteiger partial charge in [0.05, 0.1) is 6.42 Å². The van der Waals surface area contributed by atoms with Gasteiger partial charge in [-0.2, -0.15) is 13.2 Å². The second-order valence-corrected chi connectivity index (χ2v) is 4.65. The van der Waals surface area contributed by atoms with Crippen LogP contribution >= 0.6 is 0 Å². The lowest BCUT2D eigenvalue weighted by molar-refractivity contribution is -0.132. The highest BCUT2D eigenvalue weighted by Gasteiger charge is 2.26. The van der Waals surface area contributed by atoms with Crippen molar-refractivity contribution in [1.82, 2.24) is 10.6 Å². The average molecular weight is 287 g/mol. The summed E-state index contributed by atoms with van der Waals surface area (Å²) >= 11 is 0. The number of benzene rings is 1. The summed E-state index contributed by atoms with van der Waals surface area (Å²) in [7, 11) is 1.53. The molecule has 3 nitrogen and oxygen atoms in total. The third kappa shape index (κ3) is 5.95. The maximum atomic E-state index is 12.1. The van der Waals surface area contributed by atoms with E-state index in [2.05, 4.69) is 21.7 Å². The zero-order chi connectivity index (χ0) is 15.2. The molecule has 0 aliphatic heterocycles. The van der Waals surface area contributed by atoms with E-state index < -0.39 is 12.6 Å². The van der Waals surface area contributed by atoms with Crippen molar-refractivity contribution in [3.8, 4) is 0 Å². The second kappa shape index (κ2) is 7.17. The van der Waals surface area contributed by atoms with E-state index in [0.717, 1.165) is 11.1 Å². The van der Waals surface area contributed by atoms with Crippen LogP contribution in [0.15, 0.2) is 23.2 Å². The number of nitrogens with zero attached hydrogens (tertiary/aromatic N) is 1. The van der Waals surface area contributed by atoms with E-state index >= 15 is 0 Å². The molecule has 0 aliphatic rings. The highest BCUT2D eigenvalue weighted by molar-refractivity contribution is 5.79. The molecule has 2 N–H and O–H groups in total. The topological polar surface area (TPSA) is 36.4 Å². The third-order valence-corrected chi connectivity index (χ3v) is 2.87. The SMILES string of the molecule is CN=C(NCCC(F)(F)F)NCc1ccc(C)cc1C. The van der Waals surface area contributed by atoms with Crippen LogP contribution in [0.4, 0.5) is 13.2 Å². The van der Waals surface area contributed by atoms with Gasteiger partial charge in [0.1, 0.15) is 0 Å². The first-order valence-electron chi connectivity index (χ1n) is 6.39. The van der Waals surface area contributed by atoms with Gasteiger partial charge in [-0.1, -0.05) is 23.8 Å². The van der Waals surface area contributed by atoms with Crippen LogP contribution in [0.5, 0.6) is 0 Å². The van der Waals surface area contributed by atoms with Gasteiger partial charge in [0.2, 0.25) is 0 Å². The normalized spacial score (nSPS) is 12.4. The van der Waals surface area contributed by atoms with Gasteiger partial charge >= 0.3 is 6.18 Å². The lowest BCUT2D eigenvalue weighted by atomic mass is 10.1. The molecule has 0 amide bonds. The lowest BCUT2D eigenvalue weighted by Gasteiger charge is -2.14. The molecule has 6 heteroatoms. The molecule has 112 valence electrons. The first-order chi connectivity index (χ1) is 9.31. The highest BCUT2D eigenvalue weighted by atomic mass is 19.4. The van der Waals surface area contributed by atoms with Crippen molar-refractivity contribution in [2.24, 2.45) is 4.99 Å². The molecular formula is C14H20F3N3. The zero-order valence-corrected chi connectivity index (χ0v) is 11.9. The first-order valence-corrected chi connectivity index (χ1v) is 6.39. The maximum Gasteiger partial charge on any atom is 0.390 e. The van der Waals surface area contributed by atoms with Gasteiger partial charge in [-0.15, -0.1) is 0 Å². The fraction of sp³-hybridized carbons (Fsp3) is 0.500. The Bertz CT molecular complexity index is 467. The molecule has 1 aromatic rings. The molecule has 0 spiro atoms. The number of aliphatic imine (C=N–C) groups is 1. The van der Waals surface area contributed by atoms with Crippen LogP contribution < -0.4 is 10.6 Å². The molecule has 1 aromatic carbocycles. The summed E-state index contributed by atoms with van der Waals surface area (Å²) in [6, 6.07) is 6.07. The Morgan fingerprint density at radius 3 is 2.45 bits per heavy atom. The molecule has 0 bridgehead atoms. The summed E-state index contributed by atoms with van der Waals surface area (Å²) in [4.78, 5) is 3.90. The van der Waals surface area contributed by atoms with Crippen LogP contribution in [-0.2, 0) is 6.54 Å². The lowest BCUT2D eigenvalue weighted by Crippen LogP contribution is -2.38. The van der Waals surface area contributed by atoms with Gasteiger partial charge in [0.25, 0.3) is 0 Å². The Morgan fingerprint density at radius 2 is 1.90 bits per heavy atom. The third-order valence-electron chi connectivity index (χ3n) is 2.87. The molecule has 0 aliphatic carbocycles. The van der Waals surface area contributed by atoms with E-state index in [1.165, 1.54) is 12.6 Å². The molecule has 0 fully saturated rings. The van der Waals surface area contributed by atoms with Gasteiger partial charge in [0.15, 0.2) is 5.96 Å². The standard InChI is InChI=1S/C14H20F3N3/c1-10-4-5-12(11(2)8-10)9-20-13(18-3)19-7-6-14(15,16)17/h4-5,8H,6-7,9H2,1-3H3,(H2,18,19,20). The molecular weight excluding hydrogens is 267 g/mol. The number of aryl methyl sites for hydroxylation is 2. The van der Waals surface area contributed by atoms with E-state index in [1.807, 2.05) is 26.0 Å². The largest absolute Gasteiger partial charge is 0.390 e. The number of alkyl halides is 3. The smallest absolute Gasteiger partial charge is 0.356 e. The minimum atomic E-state index is -4.15. The minimum Gasteiger partial charge on any atom is -0.356 e. The summed E-state index contributed by atoms with van der Waals surface area (Å²) in [6.45, 7) is 4.36. The van der Waals surface area contributed by atoms with Crippen molar-refractivity contribution in [3.63, 3.8) is 0 Å². The van der Waals surface area contributed by atoms with Crippen LogP contribution in [0.1, 0.15) is 23.1 Å². The van der Waals surface area contributed by atoms with Crippen molar-refractivity contribution in [2.75, 3.05) is 13.6 Å². The number of hydrogen-bond donors (Lipinski definition) is 2.